The van der Waals surface area contributed by atoms with Gasteiger partial charge in [0.25, 0.3) is 5.91 Å². The molecule has 0 bridgehead atoms. The van der Waals surface area contributed by atoms with Crippen molar-refractivity contribution in [1.29, 1.82) is 0 Å². The smallest absolute Gasteiger partial charge is 0.270 e. The van der Waals surface area contributed by atoms with Crippen LogP contribution in [0.4, 0.5) is 0 Å². The van der Waals surface area contributed by atoms with Crippen LogP contribution in [0.1, 0.15) is 30.4 Å². The van der Waals surface area contributed by atoms with Crippen LogP contribution in [-0.4, -0.2) is 54.8 Å². The number of likely N-dealkylation sites (N-methyl/N-ethyl adjacent to an activating group) is 1. The van der Waals surface area contributed by atoms with Gasteiger partial charge in [-0.1, -0.05) is 11.6 Å². The fourth-order valence-corrected chi connectivity index (χ4v) is 2.67. The van der Waals surface area contributed by atoms with Crippen molar-refractivity contribution in [2.24, 2.45) is 0 Å². The van der Waals surface area contributed by atoms with Crippen LogP contribution in [0.5, 0.6) is 0 Å². The summed E-state index contributed by atoms with van der Waals surface area (Å²) in [6, 6.07) is 1.95. The van der Waals surface area contributed by atoms with Gasteiger partial charge in [-0.15, -0.1) is 0 Å². The average molecular weight is 300 g/mol. The first-order chi connectivity index (χ1) is 9.52. The lowest BCUT2D eigenvalue weighted by atomic mass is 10.2. The average Bonchev–Trinajstić information content (AvgIpc) is 2.81. The minimum absolute atomic E-state index is 0.0232. The van der Waals surface area contributed by atoms with Crippen LogP contribution in [0.3, 0.4) is 0 Å². The molecule has 1 N–H and O–H groups in total. The minimum atomic E-state index is 0.0232. The summed E-state index contributed by atoms with van der Waals surface area (Å²) in [5.74, 6) is 0.0232. The van der Waals surface area contributed by atoms with E-state index in [2.05, 4.69) is 5.32 Å². The standard InChI is InChI=1S/C14H22ClN3O2/c1-10(2)18-8-11(15)6-13(18)14(19)17-4-5-20-12(9-17)7-16-3/h6,8,10,12,16H,4-5,7,9H2,1-3H3. The van der Waals surface area contributed by atoms with Crippen LogP contribution >= 0.6 is 11.6 Å². The zero-order valence-corrected chi connectivity index (χ0v) is 13.0. The lowest BCUT2D eigenvalue weighted by molar-refractivity contribution is -0.0200. The van der Waals surface area contributed by atoms with E-state index in [4.69, 9.17) is 16.3 Å². The molecule has 0 spiro atoms. The number of carbonyl (C=O) groups excluding carboxylic acids is 1. The summed E-state index contributed by atoms with van der Waals surface area (Å²) in [7, 11) is 1.88. The Balaban J connectivity index is 2.14. The number of hydrogen-bond donors (Lipinski definition) is 1. The SMILES string of the molecule is CNCC1CN(C(=O)c2cc(Cl)cn2C(C)C)CCO1. The Morgan fingerprint density at radius 2 is 2.35 bits per heavy atom. The highest BCUT2D eigenvalue weighted by molar-refractivity contribution is 6.31. The molecule has 1 aliphatic rings. The molecule has 2 rings (SSSR count). The van der Waals surface area contributed by atoms with Crippen LogP contribution in [0, 0.1) is 0 Å². The van der Waals surface area contributed by atoms with E-state index >= 15 is 0 Å². The van der Waals surface area contributed by atoms with Crippen LogP contribution in [0.15, 0.2) is 12.3 Å². The molecule has 1 atom stereocenters. The molecule has 0 radical (unpaired) electrons. The summed E-state index contributed by atoms with van der Waals surface area (Å²) >= 11 is 6.04. The molecule has 1 fully saturated rings. The topological polar surface area (TPSA) is 46.5 Å². The summed E-state index contributed by atoms with van der Waals surface area (Å²) in [5, 5.41) is 3.68. The zero-order valence-electron chi connectivity index (χ0n) is 12.2. The van der Waals surface area contributed by atoms with Crippen molar-refractivity contribution in [3.05, 3.63) is 23.0 Å². The molecule has 1 unspecified atom stereocenters. The minimum Gasteiger partial charge on any atom is -0.373 e. The van der Waals surface area contributed by atoms with Gasteiger partial charge in [0.05, 0.1) is 17.7 Å². The molecule has 1 aromatic heterocycles. The van der Waals surface area contributed by atoms with E-state index in [1.54, 1.807) is 6.07 Å². The lowest BCUT2D eigenvalue weighted by Crippen LogP contribution is -2.49. The predicted molar refractivity (Wildman–Crippen MR) is 79.4 cm³/mol. The van der Waals surface area contributed by atoms with Gasteiger partial charge in [-0.25, -0.2) is 0 Å². The van der Waals surface area contributed by atoms with E-state index in [1.165, 1.54) is 0 Å². The Morgan fingerprint density at radius 3 is 3.00 bits per heavy atom. The van der Waals surface area contributed by atoms with Crippen LogP contribution in [0.25, 0.3) is 0 Å². The third-order valence-electron chi connectivity index (χ3n) is 3.45. The fraction of sp³-hybridized carbons (Fsp3) is 0.643. The predicted octanol–water partition coefficient (Wildman–Crippen LogP) is 1.78. The number of hydrogen-bond acceptors (Lipinski definition) is 3. The number of nitrogens with zero attached hydrogens (tertiary/aromatic N) is 2. The largest absolute Gasteiger partial charge is 0.373 e. The van der Waals surface area contributed by atoms with E-state index in [9.17, 15) is 4.79 Å². The Hall–Kier alpha value is -1.04. The zero-order chi connectivity index (χ0) is 14.7. The third kappa shape index (κ3) is 3.34. The maximum absolute atomic E-state index is 12.7. The monoisotopic (exact) mass is 299 g/mol. The number of rotatable bonds is 4. The van der Waals surface area contributed by atoms with E-state index in [0.717, 1.165) is 6.54 Å². The van der Waals surface area contributed by atoms with Gasteiger partial charge < -0.3 is 19.5 Å². The third-order valence-corrected chi connectivity index (χ3v) is 3.66. The first-order valence-corrected chi connectivity index (χ1v) is 7.33. The highest BCUT2D eigenvalue weighted by Crippen LogP contribution is 2.21. The number of ether oxygens (including phenoxy) is 1. The number of carbonyl (C=O) groups is 1. The van der Waals surface area contributed by atoms with Crippen molar-refractivity contribution in [1.82, 2.24) is 14.8 Å². The number of nitrogens with one attached hydrogen (secondary N) is 1. The van der Waals surface area contributed by atoms with Gasteiger partial charge in [0.15, 0.2) is 0 Å². The highest BCUT2D eigenvalue weighted by Gasteiger charge is 2.27. The summed E-state index contributed by atoms with van der Waals surface area (Å²) in [6.07, 6.45) is 1.86. The number of aromatic nitrogens is 1. The van der Waals surface area contributed by atoms with Gasteiger partial charge in [-0.3, -0.25) is 4.79 Å². The Kier molecular flexibility index (Phi) is 5.07. The summed E-state index contributed by atoms with van der Waals surface area (Å²) in [4.78, 5) is 14.5. The normalized spacial score (nSPS) is 19.6. The van der Waals surface area contributed by atoms with Crippen molar-refractivity contribution in [2.75, 3.05) is 33.3 Å². The van der Waals surface area contributed by atoms with Crippen molar-refractivity contribution in [3.8, 4) is 0 Å². The van der Waals surface area contributed by atoms with E-state index in [0.29, 0.717) is 30.4 Å². The van der Waals surface area contributed by atoms with Gasteiger partial charge in [0.2, 0.25) is 0 Å². The molecule has 1 amide bonds. The highest BCUT2D eigenvalue weighted by atomic mass is 35.5. The van der Waals surface area contributed by atoms with Gasteiger partial charge in [0.1, 0.15) is 5.69 Å². The van der Waals surface area contributed by atoms with E-state index < -0.39 is 0 Å². The first-order valence-electron chi connectivity index (χ1n) is 6.95. The molecule has 5 nitrogen and oxygen atoms in total. The lowest BCUT2D eigenvalue weighted by Gasteiger charge is -2.33. The molecular formula is C14H22ClN3O2. The van der Waals surface area contributed by atoms with Gasteiger partial charge in [0, 0.05) is 31.9 Å². The molecule has 1 aromatic rings. The fourth-order valence-electron chi connectivity index (χ4n) is 2.46. The van der Waals surface area contributed by atoms with Gasteiger partial charge in [-0.2, -0.15) is 0 Å². The molecule has 112 valence electrons. The summed E-state index contributed by atoms with van der Waals surface area (Å²) in [6.45, 7) is 6.64. The van der Waals surface area contributed by atoms with Crippen LogP contribution < -0.4 is 5.32 Å². The molecule has 1 saturated heterocycles. The first kappa shape index (κ1) is 15.4. The second kappa shape index (κ2) is 6.61. The molecule has 2 heterocycles. The van der Waals surface area contributed by atoms with Crippen LogP contribution in [0.2, 0.25) is 5.02 Å². The van der Waals surface area contributed by atoms with Crippen LogP contribution in [-0.2, 0) is 4.74 Å². The molecule has 0 aromatic carbocycles. The van der Waals surface area contributed by atoms with Crippen molar-refractivity contribution >= 4 is 17.5 Å². The van der Waals surface area contributed by atoms with Gasteiger partial charge in [-0.05, 0) is 27.0 Å². The number of halogens is 1. The van der Waals surface area contributed by atoms with E-state index in [-0.39, 0.29) is 18.1 Å². The van der Waals surface area contributed by atoms with E-state index in [1.807, 2.05) is 36.6 Å². The molecule has 1 aliphatic heterocycles. The molecule has 0 saturated carbocycles. The Morgan fingerprint density at radius 1 is 1.60 bits per heavy atom. The van der Waals surface area contributed by atoms with Crippen molar-refractivity contribution in [2.45, 2.75) is 26.0 Å². The van der Waals surface area contributed by atoms with Crippen molar-refractivity contribution in [3.63, 3.8) is 0 Å². The second-order valence-corrected chi connectivity index (χ2v) is 5.78. The molecule has 20 heavy (non-hydrogen) atoms. The second-order valence-electron chi connectivity index (χ2n) is 5.35. The van der Waals surface area contributed by atoms with Gasteiger partial charge >= 0.3 is 0 Å². The molecule has 6 heteroatoms. The molecular weight excluding hydrogens is 278 g/mol. The Labute approximate surface area is 124 Å². The Bertz CT molecular complexity index is 471. The number of amides is 1. The quantitative estimate of drug-likeness (QED) is 0.922. The maximum Gasteiger partial charge on any atom is 0.270 e. The van der Waals surface area contributed by atoms with Crippen molar-refractivity contribution < 1.29 is 9.53 Å². The number of morpholine rings is 1. The summed E-state index contributed by atoms with van der Waals surface area (Å²) < 4.78 is 7.55. The summed E-state index contributed by atoms with van der Waals surface area (Å²) in [5.41, 5.74) is 0.648. The molecule has 0 aliphatic carbocycles. The maximum atomic E-state index is 12.7.